The Kier molecular flexibility index (Phi) is 7.72. The fraction of sp³-hybridized carbons (Fsp3) is 0.520. The summed E-state index contributed by atoms with van der Waals surface area (Å²) in [5.41, 5.74) is -1.37. The zero-order chi connectivity index (χ0) is 25.9. The average Bonchev–Trinajstić information content (AvgIpc) is 3.19. The summed E-state index contributed by atoms with van der Waals surface area (Å²) in [4.78, 5) is 45.0. The van der Waals surface area contributed by atoms with E-state index < -0.39 is 22.9 Å². The van der Waals surface area contributed by atoms with Gasteiger partial charge in [0.05, 0.1) is 7.11 Å². The molecule has 1 N–H and O–H groups in total. The van der Waals surface area contributed by atoms with Gasteiger partial charge in [-0.1, -0.05) is 26.7 Å². The number of rotatable bonds is 8. The van der Waals surface area contributed by atoms with Gasteiger partial charge < -0.3 is 14.6 Å². The van der Waals surface area contributed by atoms with Gasteiger partial charge in [0.1, 0.15) is 5.60 Å². The predicted molar refractivity (Wildman–Crippen MR) is 133 cm³/mol. The lowest BCUT2D eigenvalue weighted by Gasteiger charge is -2.20. The van der Waals surface area contributed by atoms with E-state index >= 15 is 0 Å². The van der Waals surface area contributed by atoms with Crippen molar-refractivity contribution in [3.63, 3.8) is 0 Å². The van der Waals surface area contributed by atoms with Gasteiger partial charge in [0.2, 0.25) is 0 Å². The number of benzene rings is 1. The first kappa shape index (κ1) is 26.1. The third kappa shape index (κ3) is 5.26. The Morgan fingerprint density at radius 2 is 1.69 bits per heavy atom. The molecule has 0 aliphatic rings. The number of aromatic nitrogens is 4. The zero-order valence-electron chi connectivity index (χ0n) is 21.3. The fourth-order valence-electron chi connectivity index (χ4n) is 3.77. The van der Waals surface area contributed by atoms with Crippen LogP contribution in [0.1, 0.15) is 60.3 Å². The highest BCUT2D eigenvalue weighted by Gasteiger charge is 2.29. The van der Waals surface area contributed by atoms with Gasteiger partial charge in [0.15, 0.2) is 28.5 Å². The summed E-state index contributed by atoms with van der Waals surface area (Å²) in [7, 11) is 1.41. The Balaban J connectivity index is 2.45. The molecule has 190 valence electrons. The highest BCUT2D eigenvalue weighted by molar-refractivity contribution is 5.90. The summed E-state index contributed by atoms with van der Waals surface area (Å²) < 4.78 is 14.6. The van der Waals surface area contributed by atoms with E-state index in [0.29, 0.717) is 24.9 Å². The number of fused-ring (bicyclic) bond motifs is 1. The Morgan fingerprint density at radius 3 is 2.26 bits per heavy atom. The molecule has 0 amide bonds. The molecular weight excluding hydrogens is 452 g/mol. The molecular formula is C25H34N4O6. The molecule has 0 fully saturated rings. The van der Waals surface area contributed by atoms with Crippen LogP contribution in [0, 0.1) is 0 Å². The first-order valence-corrected chi connectivity index (χ1v) is 11.9. The Morgan fingerprint density at radius 1 is 1.06 bits per heavy atom. The second-order valence-corrected chi connectivity index (χ2v) is 9.41. The number of methoxy groups -OCH3 is 1. The SMILES string of the molecule is CCCCn1c(=O)c2c(nc(-c3ccc(O)c(OC)c3)n2C(=O)OC(C)(C)C)n(CCCC)c1=O. The van der Waals surface area contributed by atoms with Crippen molar-refractivity contribution in [1.29, 1.82) is 0 Å². The van der Waals surface area contributed by atoms with E-state index in [4.69, 9.17) is 9.47 Å². The molecule has 0 unspecified atom stereocenters. The van der Waals surface area contributed by atoms with Crippen molar-refractivity contribution < 1.29 is 19.4 Å². The number of phenols is 1. The van der Waals surface area contributed by atoms with Crippen LogP contribution in [0.3, 0.4) is 0 Å². The minimum Gasteiger partial charge on any atom is -0.504 e. The number of imidazole rings is 1. The van der Waals surface area contributed by atoms with Crippen molar-refractivity contribution in [2.24, 2.45) is 0 Å². The summed E-state index contributed by atoms with van der Waals surface area (Å²) in [6.45, 7) is 9.74. The van der Waals surface area contributed by atoms with Gasteiger partial charge in [-0.2, -0.15) is 0 Å². The molecule has 3 rings (SSSR count). The molecule has 0 saturated heterocycles. The van der Waals surface area contributed by atoms with Crippen molar-refractivity contribution >= 4 is 17.3 Å². The minimum absolute atomic E-state index is 0.0203. The van der Waals surface area contributed by atoms with Gasteiger partial charge in [0, 0.05) is 18.7 Å². The second-order valence-electron chi connectivity index (χ2n) is 9.41. The lowest BCUT2D eigenvalue weighted by Crippen LogP contribution is -2.41. The molecule has 10 nitrogen and oxygen atoms in total. The number of carbonyl (C=O) groups is 1. The Hall–Kier alpha value is -3.56. The van der Waals surface area contributed by atoms with Gasteiger partial charge in [0.25, 0.3) is 5.56 Å². The number of hydrogen-bond acceptors (Lipinski definition) is 7. The zero-order valence-corrected chi connectivity index (χ0v) is 21.3. The molecule has 1 aromatic carbocycles. The monoisotopic (exact) mass is 486 g/mol. The van der Waals surface area contributed by atoms with Crippen LogP contribution >= 0.6 is 0 Å². The average molecular weight is 487 g/mol. The van der Waals surface area contributed by atoms with E-state index in [-0.39, 0.29) is 35.0 Å². The van der Waals surface area contributed by atoms with Crippen LogP contribution in [0.2, 0.25) is 0 Å². The topological polar surface area (TPSA) is 118 Å². The Labute approximate surface area is 203 Å². The third-order valence-corrected chi connectivity index (χ3v) is 5.51. The van der Waals surface area contributed by atoms with Crippen molar-refractivity contribution in [2.45, 2.75) is 79.0 Å². The number of unbranched alkanes of at least 4 members (excludes halogenated alkanes) is 2. The molecule has 0 spiro atoms. The third-order valence-electron chi connectivity index (χ3n) is 5.51. The van der Waals surface area contributed by atoms with Crippen molar-refractivity contribution in [1.82, 2.24) is 18.7 Å². The normalized spacial score (nSPS) is 11.7. The fourth-order valence-corrected chi connectivity index (χ4v) is 3.77. The summed E-state index contributed by atoms with van der Waals surface area (Å²) in [5.74, 6) is 0.203. The minimum atomic E-state index is -0.838. The van der Waals surface area contributed by atoms with Gasteiger partial charge in [-0.3, -0.25) is 13.9 Å². The Bertz CT molecular complexity index is 1340. The summed E-state index contributed by atoms with van der Waals surface area (Å²) in [6, 6.07) is 4.49. The highest BCUT2D eigenvalue weighted by Crippen LogP contribution is 2.32. The predicted octanol–water partition coefficient (Wildman–Crippen LogP) is 4.12. The molecule has 0 aliphatic carbocycles. The maximum absolute atomic E-state index is 13.6. The first-order chi connectivity index (χ1) is 16.5. The van der Waals surface area contributed by atoms with Crippen LogP contribution in [-0.2, 0) is 17.8 Å². The number of aromatic hydroxyl groups is 1. The molecule has 0 atom stereocenters. The van der Waals surface area contributed by atoms with Gasteiger partial charge in [-0.15, -0.1) is 0 Å². The number of nitrogens with zero attached hydrogens (tertiary/aromatic N) is 4. The smallest absolute Gasteiger partial charge is 0.421 e. The van der Waals surface area contributed by atoms with E-state index in [0.717, 1.165) is 17.4 Å². The molecule has 0 radical (unpaired) electrons. The number of carbonyl (C=O) groups excluding carboxylic acids is 1. The highest BCUT2D eigenvalue weighted by atomic mass is 16.6. The van der Waals surface area contributed by atoms with Gasteiger partial charge in [-0.25, -0.2) is 19.1 Å². The summed E-state index contributed by atoms with van der Waals surface area (Å²) >= 11 is 0. The quantitative estimate of drug-likeness (QED) is 0.509. The largest absolute Gasteiger partial charge is 0.504 e. The molecule has 10 heteroatoms. The molecule has 0 bridgehead atoms. The molecule has 0 aliphatic heterocycles. The van der Waals surface area contributed by atoms with E-state index in [1.165, 1.54) is 28.4 Å². The van der Waals surface area contributed by atoms with Crippen LogP contribution in [-0.4, -0.2) is 42.6 Å². The van der Waals surface area contributed by atoms with Crippen LogP contribution in [0.5, 0.6) is 11.5 Å². The molecule has 3 aromatic rings. The van der Waals surface area contributed by atoms with E-state index in [1.54, 1.807) is 26.8 Å². The summed E-state index contributed by atoms with van der Waals surface area (Å²) in [5, 5.41) is 10.1. The van der Waals surface area contributed by atoms with Crippen LogP contribution in [0.15, 0.2) is 27.8 Å². The lowest BCUT2D eigenvalue weighted by molar-refractivity contribution is 0.0546. The number of ether oxygens (including phenoxy) is 2. The first-order valence-electron chi connectivity index (χ1n) is 11.9. The molecule has 0 saturated carbocycles. The van der Waals surface area contributed by atoms with E-state index in [2.05, 4.69) is 4.98 Å². The number of aryl methyl sites for hydroxylation is 1. The van der Waals surface area contributed by atoms with E-state index in [1.807, 2.05) is 13.8 Å². The van der Waals surface area contributed by atoms with E-state index in [9.17, 15) is 19.5 Å². The van der Waals surface area contributed by atoms with Crippen LogP contribution in [0.4, 0.5) is 4.79 Å². The van der Waals surface area contributed by atoms with Crippen molar-refractivity contribution in [3.05, 3.63) is 39.0 Å². The standard InChI is InChI=1S/C25H34N4O6/c1-7-9-13-27-21-19(22(31)28(23(27)32)14-10-8-2)29(24(33)35-25(3,4)5)20(26-21)16-11-12-17(30)18(15-16)34-6/h11-12,15,30H,7-10,13-14H2,1-6H3. The molecule has 35 heavy (non-hydrogen) atoms. The number of phenolic OH excluding ortho intramolecular Hbond substituents is 1. The maximum atomic E-state index is 13.6. The van der Waals surface area contributed by atoms with Gasteiger partial charge in [-0.05, 0) is 51.8 Å². The summed E-state index contributed by atoms with van der Waals surface area (Å²) in [6.07, 6.45) is 2.17. The van der Waals surface area contributed by atoms with Crippen LogP contribution < -0.4 is 16.0 Å². The van der Waals surface area contributed by atoms with Gasteiger partial charge >= 0.3 is 11.8 Å². The molecule has 2 heterocycles. The lowest BCUT2D eigenvalue weighted by atomic mass is 10.2. The van der Waals surface area contributed by atoms with Crippen molar-refractivity contribution in [2.75, 3.05) is 7.11 Å². The maximum Gasteiger partial charge on any atom is 0.421 e. The second kappa shape index (κ2) is 10.4. The molecule has 2 aromatic heterocycles. The number of hydrogen-bond donors (Lipinski definition) is 1. The van der Waals surface area contributed by atoms with Crippen molar-refractivity contribution in [3.8, 4) is 22.9 Å². The van der Waals surface area contributed by atoms with Crippen LogP contribution in [0.25, 0.3) is 22.6 Å².